The Kier molecular flexibility index (Phi) is 3.06. The molecule has 0 amide bonds. The van der Waals surface area contributed by atoms with Crippen LogP contribution in [0.5, 0.6) is 0 Å². The normalized spacial score (nSPS) is 39.0. The smallest absolute Gasteiger partial charge is 0.0133 e. The van der Waals surface area contributed by atoms with Gasteiger partial charge in [0.05, 0.1) is 0 Å². The summed E-state index contributed by atoms with van der Waals surface area (Å²) in [7, 11) is 0. The lowest BCUT2D eigenvalue weighted by Gasteiger charge is -2.44. The minimum absolute atomic E-state index is 0.0849. The van der Waals surface area contributed by atoms with Crippen molar-refractivity contribution in [3.05, 3.63) is 0 Å². The Balaban J connectivity index is 2.61. The zero-order chi connectivity index (χ0) is 10.1. The molecule has 0 aliphatic heterocycles. The van der Waals surface area contributed by atoms with Gasteiger partial charge in [0, 0.05) is 5.54 Å². The summed E-state index contributed by atoms with van der Waals surface area (Å²) >= 11 is 0. The van der Waals surface area contributed by atoms with Crippen molar-refractivity contribution in [1.29, 1.82) is 0 Å². The second kappa shape index (κ2) is 3.61. The summed E-state index contributed by atoms with van der Waals surface area (Å²) in [6.07, 6.45) is 6.44. The Hall–Kier alpha value is -0.0400. The average molecular weight is 183 g/mol. The van der Waals surface area contributed by atoms with Gasteiger partial charge in [0.15, 0.2) is 0 Å². The fourth-order valence-electron chi connectivity index (χ4n) is 3.36. The molecule has 1 saturated carbocycles. The highest BCUT2D eigenvalue weighted by molar-refractivity contribution is 4.94. The summed E-state index contributed by atoms with van der Waals surface area (Å²) < 4.78 is 0. The maximum absolute atomic E-state index is 6.27. The maximum Gasteiger partial charge on any atom is 0.0133 e. The van der Waals surface area contributed by atoms with Crippen LogP contribution in [0.3, 0.4) is 0 Å². The first-order valence-electron chi connectivity index (χ1n) is 5.63. The van der Waals surface area contributed by atoms with Gasteiger partial charge in [-0.3, -0.25) is 0 Å². The standard InChI is InChI=1S/C12H25N/c1-5-6-10-7-11(2,3)9-12(4,13)8-10/h10H,5-9,13H2,1-4H3/t10-,12-/m0/s1. The van der Waals surface area contributed by atoms with E-state index in [4.69, 9.17) is 5.73 Å². The predicted molar refractivity (Wildman–Crippen MR) is 58.6 cm³/mol. The van der Waals surface area contributed by atoms with Gasteiger partial charge in [0.25, 0.3) is 0 Å². The molecule has 0 saturated heterocycles. The van der Waals surface area contributed by atoms with Gasteiger partial charge in [-0.25, -0.2) is 0 Å². The lowest BCUT2D eigenvalue weighted by Crippen LogP contribution is -2.47. The van der Waals surface area contributed by atoms with Gasteiger partial charge >= 0.3 is 0 Å². The molecular formula is C12H25N. The van der Waals surface area contributed by atoms with Gasteiger partial charge in [0.2, 0.25) is 0 Å². The van der Waals surface area contributed by atoms with Crippen LogP contribution in [0.4, 0.5) is 0 Å². The SMILES string of the molecule is CCC[C@H]1CC(C)(C)C[C@@](C)(N)C1. The predicted octanol–water partition coefficient (Wildman–Crippen LogP) is 3.33. The summed E-state index contributed by atoms with van der Waals surface area (Å²) in [6, 6.07) is 0. The van der Waals surface area contributed by atoms with Crippen LogP contribution in [0.25, 0.3) is 0 Å². The van der Waals surface area contributed by atoms with Crippen LogP contribution in [0.2, 0.25) is 0 Å². The van der Waals surface area contributed by atoms with E-state index < -0.39 is 0 Å². The first-order chi connectivity index (χ1) is 5.85. The minimum atomic E-state index is 0.0849. The molecule has 0 spiro atoms. The summed E-state index contributed by atoms with van der Waals surface area (Å²) in [5, 5.41) is 0. The Labute approximate surface area is 83.1 Å². The van der Waals surface area contributed by atoms with Crippen LogP contribution < -0.4 is 5.73 Å². The molecule has 2 atom stereocenters. The first kappa shape index (κ1) is 11.0. The second-order valence-electron chi connectivity index (χ2n) is 6.06. The third-order valence-corrected chi connectivity index (χ3v) is 3.18. The lowest BCUT2D eigenvalue weighted by atomic mass is 9.64. The van der Waals surface area contributed by atoms with E-state index in [1.165, 1.54) is 32.1 Å². The van der Waals surface area contributed by atoms with E-state index in [0.29, 0.717) is 5.41 Å². The first-order valence-corrected chi connectivity index (χ1v) is 5.63. The highest BCUT2D eigenvalue weighted by Crippen LogP contribution is 2.44. The van der Waals surface area contributed by atoms with Gasteiger partial charge in [-0.05, 0) is 37.5 Å². The van der Waals surface area contributed by atoms with Crippen molar-refractivity contribution in [3.8, 4) is 0 Å². The highest BCUT2D eigenvalue weighted by atomic mass is 14.7. The van der Waals surface area contributed by atoms with Crippen molar-refractivity contribution in [1.82, 2.24) is 0 Å². The summed E-state index contributed by atoms with van der Waals surface area (Å²) in [4.78, 5) is 0. The Morgan fingerprint density at radius 2 is 1.85 bits per heavy atom. The van der Waals surface area contributed by atoms with Crippen LogP contribution in [0, 0.1) is 11.3 Å². The van der Waals surface area contributed by atoms with Crippen molar-refractivity contribution in [2.45, 2.75) is 65.3 Å². The molecule has 2 N–H and O–H groups in total. The van der Waals surface area contributed by atoms with E-state index in [-0.39, 0.29) is 5.54 Å². The molecule has 0 heterocycles. The van der Waals surface area contributed by atoms with Crippen LogP contribution in [0.15, 0.2) is 0 Å². The van der Waals surface area contributed by atoms with E-state index in [0.717, 1.165) is 5.92 Å². The lowest BCUT2D eigenvalue weighted by molar-refractivity contribution is 0.105. The third kappa shape index (κ3) is 3.30. The quantitative estimate of drug-likeness (QED) is 0.698. The molecule has 1 heteroatoms. The molecule has 78 valence electrons. The molecule has 0 unspecified atom stereocenters. The van der Waals surface area contributed by atoms with Gasteiger partial charge in [-0.2, -0.15) is 0 Å². The topological polar surface area (TPSA) is 26.0 Å². The van der Waals surface area contributed by atoms with Crippen molar-refractivity contribution in [2.75, 3.05) is 0 Å². The van der Waals surface area contributed by atoms with Crippen LogP contribution in [-0.2, 0) is 0 Å². The molecule has 0 radical (unpaired) electrons. The molecule has 1 fully saturated rings. The van der Waals surface area contributed by atoms with Crippen LogP contribution >= 0.6 is 0 Å². The summed E-state index contributed by atoms with van der Waals surface area (Å²) in [5.41, 5.74) is 6.82. The fourth-order valence-corrected chi connectivity index (χ4v) is 3.36. The van der Waals surface area contributed by atoms with E-state index in [1.54, 1.807) is 0 Å². The van der Waals surface area contributed by atoms with E-state index in [1.807, 2.05) is 0 Å². The number of hydrogen-bond acceptors (Lipinski definition) is 1. The van der Waals surface area contributed by atoms with Crippen LogP contribution in [-0.4, -0.2) is 5.54 Å². The molecular weight excluding hydrogens is 158 g/mol. The van der Waals surface area contributed by atoms with Gasteiger partial charge in [-0.15, -0.1) is 0 Å². The summed E-state index contributed by atoms with van der Waals surface area (Å²) in [5.74, 6) is 0.865. The van der Waals surface area contributed by atoms with E-state index in [9.17, 15) is 0 Å². The Bertz CT molecular complexity index is 154. The fraction of sp³-hybridized carbons (Fsp3) is 1.00. The molecule has 0 aromatic rings. The van der Waals surface area contributed by atoms with Crippen molar-refractivity contribution < 1.29 is 0 Å². The molecule has 1 rings (SSSR count). The van der Waals surface area contributed by atoms with Crippen molar-refractivity contribution >= 4 is 0 Å². The monoisotopic (exact) mass is 183 g/mol. The van der Waals surface area contributed by atoms with Gasteiger partial charge < -0.3 is 5.73 Å². The zero-order valence-corrected chi connectivity index (χ0v) is 9.69. The Morgan fingerprint density at radius 3 is 2.31 bits per heavy atom. The van der Waals surface area contributed by atoms with Crippen molar-refractivity contribution in [3.63, 3.8) is 0 Å². The molecule has 0 aromatic heterocycles. The maximum atomic E-state index is 6.27. The zero-order valence-electron chi connectivity index (χ0n) is 9.69. The molecule has 0 aromatic carbocycles. The third-order valence-electron chi connectivity index (χ3n) is 3.18. The van der Waals surface area contributed by atoms with Gasteiger partial charge in [-0.1, -0.05) is 33.6 Å². The summed E-state index contributed by atoms with van der Waals surface area (Å²) in [6.45, 7) is 9.21. The second-order valence-corrected chi connectivity index (χ2v) is 6.06. The van der Waals surface area contributed by atoms with Crippen LogP contribution in [0.1, 0.15) is 59.8 Å². The van der Waals surface area contributed by atoms with Crippen molar-refractivity contribution in [2.24, 2.45) is 17.1 Å². The Morgan fingerprint density at radius 1 is 1.23 bits per heavy atom. The highest BCUT2D eigenvalue weighted by Gasteiger charge is 2.38. The molecule has 1 aliphatic rings. The number of nitrogens with two attached hydrogens (primary N) is 1. The largest absolute Gasteiger partial charge is 0.325 e. The molecule has 0 bridgehead atoms. The molecule has 1 nitrogen and oxygen atoms in total. The number of rotatable bonds is 2. The number of hydrogen-bond donors (Lipinski definition) is 1. The molecule has 13 heavy (non-hydrogen) atoms. The van der Waals surface area contributed by atoms with E-state index in [2.05, 4.69) is 27.7 Å². The van der Waals surface area contributed by atoms with E-state index >= 15 is 0 Å². The van der Waals surface area contributed by atoms with Gasteiger partial charge in [0.1, 0.15) is 0 Å². The minimum Gasteiger partial charge on any atom is -0.325 e. The average Bonchev–Trinajstić information content (AvgIpc) is 1.78. The molecule has 1 aliphatic carbocycles.